The van der Waals surface area contributed by atoms with E-state index in [1.165, 1.54) is 0 Å². The monoisotopic (exact) mass is 493 g/mol. The summed E-state index contributed by atoms with van der Waals surface area (Å²) in [7, 11) is -1.91. The van der Waals surface area contributed by atoms with E-state index in [1.54, 1.807) is 50.9 Å². The van der Waals surface area contributed by atoms with Gasteiger partial charge in [-0.3, -0.25) is 14.1 Å². The average Bonchev–Trinajstić information content (AvgIpc) is 3.07. The summed E-state index contributed by atoms with van der Waals surface area (Å²) in [6, 6.07) is 12.7. The molecule has 0 saturated carbocycles. The highest BCUT2D eigenvalue weighted by Crippen LogP contribution is 2.31. The van der Waals surface area contributed by atoms with Crippen molar-refractivity contribution in [2.24, 2.45) is 12.5 Å². The zero-order valence-electron chi connectivity index (χ0n) is 20.6. The van der Waals surface area contributed by atoms with Crippen molar-refractivity contribution in [2.75, 3.05) is 13.1 Å². The topological polar surface area (TPSA) is 90.1 Å². The first-order chi connectivity index (χ1) is 16.5. The van der Waals surface area contributed by atoms with Gasteiger partial charge in [-0.05, 0) is 54.7 Å². The first kappa shape index (κ1) is 23.7. The van der Waals surface area contributed by atoms with Gasteiger partial charge in [-0.1, -0.05) is 26.8 Å². The molecule has 5 rings (SSSR count). The van der Waals surface area contributed by atoms with Gasteiger partial charge in [0.1, 0.15) is 0 Å². The first-order valence-electron chi connectivity index (χ1n) is 12.0. The minimum atomic E-state index is -3.65. The largest absolute Gasteiger partial charge is 0.330 e. The standard InChI is InChI=1S/C26H31N5O3S/c1-26(2,3)17-31-23-12-11-22(28-24(23)29(4)25(31)32)19-8-6-14-30(16-19)35(33,34)20-9-10-21-18(15-20)7-5-13-27-21/h5,7,9-13,15,19H,6,8,14,16-17H2,1-4H3. The van der Waals surface area contributed by atoms with Gasteiger partial charge in [0.25, 0.3) is 0 Å². The molecular weight excluding hydrogens is 462 g/mol. The number of aryl methyl sites for hydroxylation is 1. The maximum Gasteiger partial charge on any atom is 0.330 e. The second-order valence-electron chi connectivity index (χ2n) is 10.6. The van der Waals surface area contributed by atoms with Crippen molar-refractivity contribution in [1.82, 2.24) is 23.4 Å². The predicted octanol–water partition coefficient (Wildman–Crippen LogP) is 3.90. The number of fused-ring (bicyclic) bond motifs is 2. The maximum absolute atomic E-state index is 13.5. The number of sulfonamides is 1. The number of rotatable bonds is 4. The van der Waals surface area contributed by atoms with Crippen molar-refractivity contribution in [3.8, 4) is 0 Å². The molecule has 0 aliphatic carbocycles. The molecule has 0 radical (unpaired) electrons. The number of benzene rings is 1. The fourth-order valence-electron chi connectivity index (χ4n) is 4.91. The van der Waals surface area contributed by atoms with E-state index in [0.717, 1.165) is 35.0 Å². The molecule has 4 heterocycles. The summed E-state index contributed by atoms with van der Waals surface area (Å²) in [5, 5.41) is 0.801. The summed E-state index contributed by atoms with van der Waals surface area (Å²) >= 11 is 0. The zero-order valence-corrected chi connectivity index (χ0v) is 21.4. The highest BCUT2D eigenvalue weighted by Gasteiger charge is 2.32. The van der Waals surface area contributed by atoms with Crippen molar-refractivity contribution in [3.63, 3.8) is 0 Å². The maximum atomic E-state index is 13.5. The average molecular weight is 494 g/mol. The van der Waals surface area contributed by atoms with E-state index in [9.17, 15) is 13.2 Å². The van der Waals surface area contributed by atoms with Gasteiger partial charge in [0, 0.05) is 49.9 Å². The van der Waals surface area contributed by atoms with E-state index < -0.39 is 10.0 Å². The third-order valence-electron chi connectivity index (χ3n) is 6.65. The minimum absolute atomic E-state index is 0.0360. The van der Waals surface area contributed by atoms with Gasteiger partial charge in [-0.15, -0.1) is 0 Å². The Labute approximate surface area is 205 Å². The Morgan fingerprint density at radius 1 is 1.11 bits per heavy atom. The Morgan fingerprint density at radius 3 is 2.69 bits per heavy atom. The Kier molecular flexibility index (Phi) is 5.80. The van der Waals surface area contributed by atoms with Crippen LogP contribution in [0.4, 0.5) is 0 Å². The Hall–Kier alpha value is -3.04. The fraction of sp³-hybridized carbons (Fsp3) is 0.423. The van der Waals surface area contributed by atoms with Crippen LogP contribution in [0.25, 0.3) is 22.1 Å². The van der Waals surface area contributed by atoms with Crippen LogP contribution in [-0.4, -0.2) is 44.9 Å². The molecule has 0 spiro atoms. The van der Waals surface area contributed by atoms with E-state index in [4.69, 9.17) is 4.98 Å². The molecule has 3 aromatic heterocycles. The summed E-state index contributed by atoms with van der Waals surface area (Å²) in [6.07, 6.45) is 3.30. The van der Waals surface area contributed by atoms with Crippen LogP contribution in [0.15, 0.2) is 58.4 Å². The molecule has 9 heteroatoms. The Balaban J connectivity index is 1.45. The van der Waals surface area contributed by atoms with E-state index in [0.29, 0.717) is 25.3 Å². The number of hydrogen-bond acceptors (Lipinski definition) is 5. The van der Waals surface area contributed by atoms with Crippen LogP contribution in [0.3, 0.4) is 0 Å². The summed E-state index contributed by atoms with van der Waals surface area (Å²) in [5.74, 6) is -0.0360. The van der Waals surface area contributed by atoms with E-state index >= 15 is 0 Å². The minimum Gasteiger partial charge on any atom is -0.290 e. The lowest BCUT2D eigenvalue weighted by molar-refractivity contribution is 0.313. The molecule has 0 bridgehead atoms. The molecule has 35 heavy (non-hydrogen) atoms. The van der Waals surface area contributed by atoms with Crippen molar-refractivity contribution in [2.45, 2.75) is 51.0 Å². The second kappa shape index (κ2) is 8.57. The highest BCUT2D eigenvalue weighted by molar-refractivity contribution is 7.89. The summed E-state index contributed by atoms with van der Waals surface area (Å²) in [4.78, 5) is 22.3. The van der Waals surface area contributed by atoms with Crippen molar-refractivity contribution < 1.29 is 8.42 Å². The van der Waals surface area contributed by atoms with Crippen LogP contribution in [0.5, 0.6) is 0 Å². The predicted molar refractivity (Wildman–Crippen MR) is 137 cm³/mol. The number of nitrogens with zero attached hydrogens (tertiary/aromatic N) is 5. The third-order valence-corrected chi connectivity index (χ3v) is 8.51. The molecule has 1 saturated heterocycles. The molecule has 1 aromatic carbocycles. The van der Waals surface area contributed by atoms with Gasteiger partial charge in [0.15, 0.2) is 5.65 Å². The van der Waals surface area contributed by atoms with Gasteiger partial charge in [-0.2, -0.15) is 4.31 Å². The molecule has 1 atom stereocenters. The first-order valence-corrected chi connectivity index (χ1v) is 13.4. The third kappa shape index (κ3) is 4.38. The fourth-order valence-corrected chi connectivity index (χ4v) is 6.47. The van der Waals surface area contributed by atoms with Crippen molar-refractivity contribution >= 4 is 32.1 Å². The van der Waals surface area contributed by atoms with Gasteiger partial charge in [-0.25, -0.2) is 18.2 Å². The van der Waals surface area contributed by atoms with E-state index in [1.807, 2.05) is 18.2 Å². The number of aromatic nitrogens is 4. The second-order valence-corrected chi connectivity index (χ2v) is 12.6. The molecule has 1 aliphatic rings. The van der Waals surface area contributed by atoms with Crippen LogP contribution < -0.4 is 5.69 Å². The summed E-state index contributed by atoms with van der Waals surface area (Å²) < 4.78 is 31.9. The number of hydrogen-bond donors (Lipinski definition) is 0. The molecule has 0 N–H and O–H groups in total. The quantitative estimate of drug-likeness (QED) is 0.430. The molecule has 1 unspecified atom stereocenters. The van der Waals surface area contributed by atoms with E-state index in [-0.39, 0.29) is 21.9 Å². The lowest BCUT2D eigenvalue weighted by Gasteiger charge is -2.31. The lowest BCUT2D eigenvalue weighted by Crippen LogP contribution is -2.39. The van der Waals surface area contributed by atoms with Crippen LogP contribution in [0.2, 0.25) is 0 Å². The highest BCUT2D eigenvalue weighted by atomic mass is 32.2. The van der Waals surface area contributed by atoms with Crippen LogP contribution in [-0.2, 0) is 23.6 Å². The van der Waals surface area contributed by atoms with Gasteiger partial charge >= 0.3 is 5.69 Å². The zero-order chi connectivity index (χ0) is 25.0. The molecule has 4 aromatic rings. The Morgan fingerprint density at radius 2 is 1.91 bits per heavy atom. The molecular formula is C26H31N5O3S. The summed E-state index contributed by atoms with van der Waals surface area (Å²) in [5.41, 5.74) is 2.90. The number of piperidine rings is 1. The molecule has 1 aliphatic heterocycles. The molecule has 184 valence electrons. The lowest BCUT2D eigenvalue weighted by atomic mass is 9.95. The number of imidazole rings is 1. The van der Waals surface area contributed by atoms with Gasteiger partial charge < -0.3 is 0 Å². The number of pyridine rings is 2. The van der Waals surface area contributed by atoms with E-state index in [2.05, 4.69) is 25.8 Å². The normalized spacial score (nSPS) is 17.9. The SMILES string of the molecule is Cn1c(=O)n(CC(C)(C)C)c2ccc(C3CCCN(S(=O)(=O)c4ccc5ncccc5c4)C3)nc21. The van der Waals surface area contributed by atoms with Gasteiger partial charge in [0.2, 0.25) is 10.0 Å². The van der Waals surface area contributed by atoms with Gasteiger partial charge in [0.05, 0.1) is 15.9 Å². The van der Waals surface area contributed by atoms with Crippen molar-refractivity contribution in [3.05, 3.63) is 64.8 Å². The molecule has 0 amide bonds. The smallest absolute Gasteiger partial charge is 0.290 e. The van der Waals surface area contributed by atoms with Crippen LogP contribution >= 0.6 is 0 Å². The molecule has 1 fully saturated rings. The van der Waals surface area contributed by atoms with Crippen LogP contribution in [0, 0.1) is 5.41 Å². The molecule has 8 nitrogen and oxygen atoms in total. The van der Waals surface area contributed by atoms with Crippen molar-refractivity contribution in [1.29, 1.82) is 0 Å². The summed E-state index contributed by atoms with van der Waals surface area (Å²) in [6.45, 7) is 7.74. The Bertz CT molecular complexity index is 1580. The van der Waals surface area contributed by atoms with Crippen LogP contribution in [0.1, 0.15) is 45.2 Å².